The second-order valence-electron chi connectivity index (χ2n) is 24.2. The molecule has 0 aliphatic carbocycles. The summed E-state index contributed by atoms with van der Waals surface area (Å²) >= 11 is 0. The van der Waals surface area contributed by atoms with E-state index in [9.17, 15) is 10.2 Å². The van der Waals surface area contributed by atoms with Crippen molar-refractivity contribution in [1.82, 2.24) is 0 Å². The molecule has 0 heterocycles. The Kier molecular flexibility index (Phi) is 23.6. The second kappa shape index (κ2) is 27.1. The van der Waals surface area contributed by atoms with E-state index in [-0.39, 0.29) is 33.9 Å². The van der Waals surface area contributed by atoms with Crippen molar-refractivity contribution in [2.75, 3.05) is 52.9 Å². The van der Waals surface area contributed by atoms with Crippen molar-refractivity contribution >= 4 is 0 Å². The van der Waals surface area contributed by atoms with Crippen molar-refractivity contribution in [3.63, 3.8) is 0 Å². The monoisotopic (exact) mass is 979 g/mol. The van der Waals surface area contributed by atoms with Gasteiger partial charge in [0.2, 0.25) is 0 Å². The predicted octanol–water partition coefficient (Wildman–Crippen LogP) is 13.7. The molecule has 2 atom stereocenters. The summed E-state index contributed by atoms with van der Waals surface area (Å²) in [5, 5.41) is 21.8. The molecule has 2 N–H and O–H groups in total. The summed E-state index contributed by atoms with van der Waals surface area (Å²) in [6.07, 6.45) is 7.42. The highest BCUT2D eigenvalue weighted by Crippen LogP contribution is 2.41. The van der Waals surface area contributed by atoms with E-state index in [1.165, 1.54) is 0 Å². The molecule has 0 saturated carbocycles. The van der Waals surface area contributed by atoms with Crippen molar-refractivity contribution in [3.8, 4) is 23.0 Å². The summed E-state index contributed by atoms with van der Waals surface area (Å²) in [6.45, 7) is 37.4. The van der Waals surface area contributed by atoms with Gasteiger partial charge in [-0.1, -0.05) is 83.0 Å². The highest BCUT2D eigenvalue weighted by molar-refractivity contribution is 5.33. The highest BCUT2D eigenvalue weighted by atomic mass is 16.5. The second-order valence-corrected chi connectivity index (χ2v) is 24.2. The van der Waals surface area contributed by atoms with Gasteiger partial charge in [-0.05, 0) is 156 Å². The molecule has 0 aromatic heterocycles. The zero-order chi connectivity index (χ0) is 52.3. The van der Waals surface area contributed by atoms with Crippen LogP contribution >= 0.6 is 0 Å². The van der Waals surface area contributed by atoms with Crippen LogP contribution in [0.5, 0.6) is 23.0 Å². The fourth-order valence-electron chi connectivity index (χ4n) is 7.61. The molecule has 10 nitrogen and oxygen atoms in total. The normalized spacial score (nSPS) is 14.3. The van der Waals surface area contributed by atoms with E-state index in [2.05, 4.69) is 83.1 Å². The van der Waals surface area contributed by atoms with Crippen LogP contribution in [0.3, 0.4) is 0 Å². The Morgan fingerprint density at radius 1 is 0.357 bits per heavy atom. The molecule has 0 saturated heterocycles. The molecule has 3 aromatic rings. The Morgan fingerprint density at radius 2 is 0.700 bits per heavy atom. The fraction of sp³-hybridized carbons (Fsp3) is 0.700. The maximum Gasteiger partial charge on any atom is 0.122 e. The summed E-state index contributed by atoms with van der Waals surface area (Å²) in [5.41, 5.74) is -3.54. The SMILES string of the molecule is CC(C)(CCOc1cccc(OCCC(C)(C)OCCCCC(C)(C)C(C)(C)OCC(COc2ccccc2)C(C)(C)O)c1)OCCCCC(C)(C)C(C)(C)OCC(COc1ccccc1)C(C)(C)O. The first-order chi connectivity index (χ1) is 32.4. The third-order valence-corrected chi connectivity index (χ3v) is 15.1. The topological polar surface area (TPSA) is 114 Å². The number of ether oxygens (including phenoxy) is 8. The van der Waals surface area contributed by atoms with E-state index in [1.807, 2.05) is 113 Å². The quantitative estimate of drug-likeness (QED) is 0.0546. The van der Waals surface area contributed by atoms with Crippen LogP contribution in [0.15, 0.2) is 84.9 Å². The number of rotatable bonds is 36. The van der Waals surface area contributed by atoms with Crippen LogP contribution in [0.2, 0.25) is 0 Å². The minimum atomic E-state index is -0.943. The Morgan fingerprint density at radius 3 is 1.04 bits per heavy atom. The average molecular weight is 979 g/mol. The van der Waals surface area contributed by atoms with Crippen molar-refractivity contribution in [2.24, 2.45) is 22.7 Å². The molecule has 398 valence electrons. The third kappa shape index (κ3) is 22.2. The first-order valence-corrected chi connectivity index (χ1v) is 26.2. The van der Waals surface area contributed by atoms with Crippen molar-refractivity contribution in [2.45, 2.75) is 196 Å². The lowest BCUT2D eigenvalue weighted by molar-refractivity contribution is -0.139. The fourth-order valence-corrected chi connectivity index (χ4v) is 7.61. The minimum absolute atomic E-state index is 0.0944. The zero-order valence-electron chi connectivity index (χ0n) is 46.7. The van der Waals surface area contributed by atoms with E-state index in [1.54, 1.807) is 0 Å². The molecular formula is C60H98O10. The van der Waals surface area contributed by atoms with Gasteiger partial charge in [0.25, 0.3) is 0 Å². The van der Waals surface area contributed by atoms with Gasteiger partial charge < -0.3 is 48.1 Å². The van der Waals surface area contributed by atoms with Gasteiger partial charge >= 0.3 is 0 Å². The Labute approximate surface area is 425 Å². The largest absolute Gasteiger partial charge is 0.493 e. The van der Waals surface area contributed by atoms with E-state index >= 15 is 0 Å². The molecular weight excluding hydrogens is 881 g/mol. The summed E-state index contributed by atoms with van der Waals surface area (Å²) in [5.74, 6) is 2.76. The molecule has 0 aliphatic heterocycles. The van der Waals surface area contributed by atoms with Gasteiger partial charge in [-0.25, -0.2) is 0 Å². The van der Waals surface area contributed by atoms with Crippen molar-refractivity contribution < 1.29 is 48.1 Å². The van der Waals surface area contributed by atoms with Crippen molar-refractivity contribution in [1.29, 1.82) is 0 Å². The summed E-state index contributed by atoms with van der Waals surface area (Å²) < 4.78 is 50.2. The Bertz CT molecular complexity index is 1740. The maximum absolute atomic E-state index is 10.9. The van der Waals surface area contributed by atoms with Crippen molar-refractivity contribution in [3.05, 3.63) is 84.9 Å². The Hall–Kier alpha value is -3.38. The number of benzene rings is 3. The van der Waals surface area contributed by atoms with Crippen LogP contribution < -0.4 is 18.9 Å². The molecule has 0 radical (unpaired) electrons. The molecule has 0 aliphatic rings. The van der Waals surface area contributed by atoms with Gasteiger partial charge in [0.15, 0.2) is 0 Å². The van der Waals surface area contributed by atoms with Crippen LogP contribution in [0, 0.1) is 22.7 Å². The van der Waals surface area contributed by atoms with Gasteiger partial charge in [-0.2, -0.15) is 0 Å². The van der Waals surface area contributed by atoms with Gasteiger partial charge in [-0.3, -0.25) is 0 Å². The smallest absolute Gasteiger partial charge is 0.122 e. The van der Waals surface area contributed by atoms with Crippen LogP contribution in [-0.4, -0.2) is 96.7 Å². The lowest BCUT2D eigenvalue weighted by Crippen LogP contribution is -2.46. The summed E-state index contributed by atoms with van der Waals surface area (Å²) in [7, 11) is 0. The number of para-hydroxylation sites is 2. The van der Waals surface area contributed by atoms with E-state index in [0.717, 1.165) is 74.4 Å². The highest BCUT2D eigenvalue weighted by Gasteiger charge is 2.41. The van der Waals surface area contributed by atoms with Gasteiger partial charge in [-0.15, -0.1) is 0 Å². The maximum atomic E-state index is 10.9. The summed E-state index contributed by atoms with van der Waals surface area (Å²) in [6, 6.07) is 27.3. The molecule has 3 rings (SSSR count). The lowest BCUT2D eigenvalue weighted by Gasteiger charge is -2.43. The van der Waals surface area contributed by atoms with Gasteiger partial charge in [0, 0.05) is 44.0 Å². The summed E-state index contributed by atoms with van der Waals surface area (Å²) in [4.78, 5) is 0. The molecule has 0 amide bonds. The minimum Gasteiger partial charge on any atom is -0.493 e. The first kappa shape index (κ1) is 60.9. The van der Waals surface area contributed by atoms with Gasteiger partial charge in [0.05, 0.1) is 73.2 Å². The molecule has 0 bridgehead atoms. The molecule has 2 unspecified atom stereocenters. The van der Waals surface area contributed by atoms with Crippen LogP contribution in [0.25, 0.3) is 0 Å². The zero-order valence-corrected chi connectivity index (χ0v) is 46.7. The number of hydrogen-bond acceptors (Lipinski definition) is 10. The predicted molar refractivity (Wildman–Crippen MR) is 286 cm³/mol. The molecule has 3 aromatic carbocycles. The van der Waals surface area contributed by atoms with Crippen LogP contribution in [0.4, 0.5) is 0 Å². The molecule has 10 heteroatoms. The van der Waals surface area contributed by atoms with Crippen LogP contribution in [0.1, 0.15) is 162 Å². The van der Waals surface area contributed by atoms with E-state index in [0.29, 0.717) is 52.9 Å². The third-order valence-electron chi connectivity index (χ3n) is 15.1. The molecule has 0 spiro atoms. The number of hydrogen-bond donors (Lipinski definition) is 2. The average Bonchev–Trinajstić information content (AvgIpc) is 3.25. The molecule has 70 heavy (non-hydrogen) atoms. The van der Waals surface area contributed by atoms with E-state index < -0.39 is 22.4 Å². The van der Waals surface area contributed by atoms with Crippen LogP contribution in [-0.2, 0) is 18.9 Å². The molecule has 0 fully saturated rings. The number of unbranched alkanes of at least 4 members (excludes halogenated alkanes) is 2. The Balaban J connectivity index is 1.31. The van der Waals surface area contributed by atoms with E-state index in [4.69, 9.17) is 37.9 Å². The standard InChI is InChI=1S/C60H98O10/c1-53(2,59(13,14)69-45-47(57(9,10)61)43-65-49-28-19-17-20-29-49)34-23-25-38-67-55(5,6)36-40-63-51-32-27-33-52(42-51)64-41-37-56(7,8)68-39-26-24-35-54(3,4)60(15,16)70-46-48(58(11,12)62)44-66-50-30-21-18-22-31-50/h17-22,27-33,42,47-48,61-62H,23-26,34-41,43-46H2,1-16H3. The first-order valence-electron chi connectivity index (χ1n) is 26.2. The van der Waals surface area contributed by atoms with Gasteiger partial charge in [0.1, 0.15) is 23.0 Å². The lowest BCUT2D eigenvalue weighted by atomic mass is 9.73. The number of aliphatic hydroxyl groups is 2.